The maximum absolute atomic E-state index is 12.2. The van der Waals surface area contributed by atoms with E-state index < -0.39 is 0 Å². The lowest BCUT2D eigenvalue weighted by molar-refractivity contribution is 0.0736. The molecule has 1 heterocycles. The van der Waals surface area contributed by atoms with Crippen LogP contribution in [0.2, 0.25) is 5.02 Å². The van der Waals surface area contributed by atoms with E-state index in [2.05, 4.69) is 5.32 Å². The molecule has 0 bridgehead atoms. The van der Waals surface area contributed by atoms with Gasteiger partial charge < -0.3 is 10.2 Å². The van der Waals surface area contributed by atoms with E-state index >= 15 is 0 Å². The number of nitrogens with one attached hydrogen (secondary N) is 1. The van der Waals surface area contributed by atoms with Crippen molar-refractivity contribution in [3.8, 4) is 0 Å². The Labute approximate surface area is 100 Å². The fourth-order valence-corrected chi connectivity index (χ4v) is 2.04. The number of halogens is 1. The summed E-state index contributed by atoms with van der Waals surface area (Å²) in [6.45, 7) is 5.18. The van der Waals surface area contributed by atoms with Crippen molar-refractivity contribution in [3.63, 3.8) is 0 Å². The maximum Gasteiger partial charge on any atom is 0.255 e. The normalized spacial score (nSPS) is 16.2. The van der Waals surface area contributed by atoms with Crippen molar-refractivity contribution in [2.45, 2.75) is 6.92 Å². The third kappa shape index (κ3) is 2.36. The van der Waals surface area contributed by atoms with Crippen molar-refractivity contribution in [3.05, 3.63) is 34.3 Å². The molecule has 0 atom stereocenters. The summed E-state index contributed by atoms with van der Waals surface area (Å²) in [4.78, 5) is 14.0. The van der Waals surface area contributed by atoms with Crippen LogP contribution in [-0.2, 0) is 0 Å². The Morgan fingerprint density at radius 2 is 2.06 bits per heavy atom. The van der Waals surface area contributed by atoms with Gasteiger partial charge in [0.05, 0.1) is 10.6 Å². The van der Waals surface area contributed by atoms with Gasteiger partial charge in [-0.2, -0.15) is 0 Å². The van der Waals surface area contributed by atoms with Gasteiger partial charge in [-0.15, -0.1) is 0 Å². The van der Waals surface area contributed by atoms with E-state index in [0.717, 1.165) is 31.7 Å². The van der Waals surface area contributed by atoms with Gasteiger partial charge in [-0.05, 0) is 19.1 Å². The molecule has 0 aromatic heterocycles. The number of hydrogen-bond donors (Lipinski definition) is 1. The molecule has 1 amide bonds. The van der Waals surface area contributed by atoms with E-state index in [1.54, 1.807) is 6.07 Å². The number of rotatable bonds is 1. The summed E-state index contributed by atoms with van der Waals surface area (Å²) in [7, 11) is 0. The second-order valence-electron chi connectivity index (χ2n) is 4.03. The van der Waals surface area contributed by atoms with Crippen molar-refractivity contribution in [2.75, 3.05) is 26.2 Å². The Hall–Kier alpha value is -1.06. The molecule has 2 rings (SSSR count). The highest BCUT2D eigenvalue weighted by atomic mass is 35.5. The number of nitrogens with zero attached hydrogens (tertiary/aromatic N) is 1. The summed E-state index contributed by atoms with van der Waals surface area (Å²) in [5, 5.41) is 3.76. The highest BCUT2D eigenvalue weighted by Crippen LogP contribution is 2.19. The maximum atomic E-state index is 12.2. The first kappa shape index (κ1) is 11.4. The summed E-state index contributed by atoms with van der Waals surface area (Å²) in [5.41, 5.74) is 1.67. The molecule has 16 heavy (non-hydrogen) atoms. The number of hydrogen-bond acceptors (Lipinski definition) is 2. The molecule has 1 aromatic carbocycles. The molecule has 1 saturated heterocycles. The molecule has 0 radical (unpaired) electrons. The minimum absolute atomic E-state index is 0.0372. The lowest BCUT2D eigenvalue weighted by Gasteiger charge is -2.27. The van der Waals surface area contributed by atoms with Gasteiger partial charge in [-0.25, -0.2) is 0 Å². The van der Waals surface area contributed by atoms with Crippen molar-refractivity contribution in [1.29, 1.82) is 0 Å². The summed E-state index contributed by atoms with van der Waals surface area (Å²) in [5.74, 6) is 0.0372. The van der Waals surface area contributed by atoms with Crippen LogP contribution in [0.4, 0.5) is 0 Å². The number of piperazine rings is 1. The highest BCUT2D eigenvalue weighted by Gasteiger charge is 2.19. The Morgan fingerprint density at radius 1 is 1.38 bits per heavy atom. The van der Waals surface area contributed by atoms with Crippen molar-refractivity contribution >= 4 is 17.5 Å². The lowest BCUT2D eigenvalue weighted by Crippen LogP contribution is -2.46. The van der Waals surface area contributed by atoms with Gasteiger partial charge in [-0.3, -0.25) is 4.79 Å². The quantitative estimate of drug-likeness (QED) is 0.808. The zero-order chi connectivity index (χ0) is 11.5. The van der Waals surface area contributed by atoms with Gasteiger partial charge >= 0.3 is 0 Å². The van der Waals surface area contributed by atoms with Crippen LogP contribution in [0.15, 0.2) is 18.2 Å². The number of carbonyl (C=O) groups excluding carboxylic acids is 1. The summed E-state index contributed by atoms with van der Waals surface area (Å²) in [6, 6.07) is 5.55. The van der Waals surface area contributed by atoms with E-state index in [0.29, 0.717) is 10.6 Å². The topological polar surface area (TPSA) is 32.3 Å². The molecule has 1 N–H and O–H groups in total. The summed E-state index contributed by atoms with van der Waals surface area (Å²) < 4.78 is 0. The molecule has 1 aromatic rings. The average Bonchev–Trinajstić information content (AvgIpc) is 2.32. The van der Waals surface area contributed by atoms with Crippen LogP contribution in [-0.4, -0.2) is 37.0 Å². The van der Waals surface area contributed by atoms with Gasteiger partial charge in [0.1, 0.15) is 0 Å². The molecule has 1 fully saturated rings. The smallest absolute Gasteiger partial charge is 0.255 e. The summed E-state index contributed by atoms with van der Waals surface area (Å²) >= 11 is 6.05. The van der Waals surface area contributed by atoms with Gasteiger partial charge in [0, 0.05) is 26.2 Å². The molecule has 0 aliphatic carbocycles. The molecule has 1 aliphatic rings. The lowest BCUT2D eigenvalue weighted by atomic mass is 10.1. The molecule has 1 aliphatic heterocycles. The SMILES string of the molecule is Cc1ccc(Cl)c(C(=O)N2CCNCC2)c1. The molecular formula is C12H15ClN2O. The molecular weight excluding hydrogens is 224 g/mol. The van der Waals surface area contributed by atoms with Crippen LogP contribution < -0.4 is 5.32 Å². The molecule has 0 saturated carbocycles. The number of amides is 1. The first-order chi connectivity index (χ1) is 7.68. The van der Waals surface area contributed by atoms with Gasteiger partial charge in [0.2, 0.25) is 0 Å². The minimum Gasteiger partial charge on any atom is -0.336 e. The first-order valence-electron chi connectivity index (χ1n) is 5.44. The predicted octanol–water partition coefficient (Wildman–Crippen LogP) is 1.69. The van der Waals surface area contributed by atoms with Gasteiger partial charge in [-0.1, -0.05) is 23.2 Å². The first-order valence-corrected chi connectivity index (χ1v) is 5.82. The molecule has 3 nitrogen and oxygen atoms in total. The third-order valence-electron chi connectivity index (χ3n) is 2.76. The highest BCUT2D eigenvalue weighted by molar-refractivity contribution is 6.33. The van der Waals surface area contributed by atoms with E-state index in [4.69, 9.17) is 11.6 Å². The van der Waals surface area contributed by atoms with Crippen LogP contribution in [0.5, 0.6) is 0 Å². The second kappa shape index (κ2) is 4.85. The third-order valence-corrected chi connectivity index (χ3v) is 3.09. The fourth-order valence-electron chi connectivity index (χ4n) is 1.84. The zero-order valence-corrected chi connectivity index (χ0v) is 10.0. The van der Waals surface area contributed by atoms with Crippen LogP contribution in [0.25, 0.3) is 0 Å². The van der Waals surface area contributed by atoms with E-state index in [-0.39, 0.29) is 5.91 Å². The Kier molecular flexibility index (Phi) is 3.46. The number of aryl methyl sites for hydroxylation is 1. The molecule has 0 unspecified atom stereocenters. The van der Waals surface area contributed by atoms with Crippen molar-refractivity contribution in [1.82, 2.24) is 10.2 Å². The molecule has 0 spiro atoms. The second-order valence-corrected chi connectivity index (χ2v) is 4.43. The Bertz CT molecular complexity index is 400. The van der Waals surface area contributed by atoms with Crippen LogP contribution >= 0.6 is 11.6 Å². The summed E-state index contributed by atoms with van der Waals surface area (Å²) in [6.07, 6.45) is 0. The van der Waals surface area contributed by atoms with E-state index in [1.165, 1.54) is 0 Å². The zero-order valence-electron chi connectivity index (χ0n) is 9.29. The predicted molar refractivity (Wildman–Crippen MR) is 65.0 cm³/mol. The van der Waals surface area contributed by atoms with Gasteiger partial charge in [0.15, 0.2) is 0 Å². The average molecular weight is 239 g/mol. The Balaban J connectivity index is 2.22. The van der Waals surface area contributed by atoms with Crippen molar-refractivity contribution in [2.24, 2.45) is 0 Å². The molecule has 4 heteroatoms. The largest absolute Gasteiger partial charge is 0.336 e. The van der Waals surface area contributed by atoms with Gasteiger partial charge in [0.25, 0.3) is 5.91 Å². The minimum atomic E-state index is 0.0372. The number of carbonyl (C=O) groups is 1. The molecule has 86 valence electrons. The van der Waals surface area contributed by atoms with Crippen molar-refractivity contribution < 1.29 is 4.79 Å². The van der Waals surface area contributed by atoms with Crippen LogP contribution in [0.1, 0.15) is 15.9 Å². The Morgan fingerprint density at radius 3 is 2.75 bits per heavy atom. The van der Waals surface area contributed by atoms with Crippen LogP contribution in [0, 0.1) is 6.92 Å². The number of benzene rings is 1. The van der Waals surface area contributed by atoms with Crippen LogP contribution in [0.3, 0.4) is 0 Å². The fraction of sp³-hybridized carbons (Fsp3) is 0.417. The standard InChI is InChI=1S/C12H15ClN2O/c1-9-2-3-11(13)10(8-9)12(16)15-6-4-14-5-7-15/h2-3,8,14H,4-7H2,1H3. The van der Waals surface area contributed by atoms with E-state index in [1.807, 2.05) is 24.0 Å². The van der Waals surface area contributed by atoms with E-state index in [9.17, 15) is 4.79 Å². The monoisotopic (exact) mass is 238 g/mol.